The van der Waals surface area contributed by atoms with E-state index in [1.54, 1.807) is 24.3 Å². The summed E-state index contributed by atoms with van der Waals surface area (Å²) in [5, 5.41) is 15.5. The number of hydrogen-bond acceptors (Lipinski definition) is 5. The fourth-order valence-corrected chi connectivity index (χ4v) is 4.02. The van der Waals surface area contributed by atoms with Gasteiger partial charge in [-0.25, -0.2) is 17.9 Å². The average molecular weight is 407 g/mol. The van der Waals surface area contributed by atoms with E-state index < -0.39 is 15.9 Å². The molecule has 0 radical (unpaired) electrons. The first kappa shape index (κ1) is 18.9. The van der Waals surface area contributed by atoms with Crippen molar-refractivity contribution in [3.8, 4) is 5.69 Å². The smallest absolute Gasteiger partial charge is 0.404 e. The van der Waals surface area contributed by atoms with Crippen molar-refractivity contribution in [1.82, 2.24) is 20.1 Å². The Hall–Kier alpha value is -2.91. The summed E-state index contributed by atoms with van der Waals surface area (Å²) >= 11 is 6.22. The van der Waals surface area contributed by atoms with E-state index in [0.29, 0.717) is 16.4 Å². The van der Waals surface area contributed by atoms with Crippen LogP contribution in [0.2, 0.25) is 5.02 Å². The van der Waals surface area contributed by atoms with Crippen LogP contribution in [-0.4, -0.2) is 40.9 Å². The molecule has 2 aromatic heterocycles. The molecule has 2 heterocycles. The molecule has 0 saturated heterocycles. The van der Waals surface area contributed by atoms with Crippen LogP contribution in [0, 0.1) is 0 Å². The van der Waals surface area contributed by atoms with Gasteiger partial charge in [-0.15, -0.1) is 0 Å². The van der Waals surface area contributed by atoms with Crippen molar-refractivity contribution in [3.63, 3.8) is 0 Å². The Morgan fingerprint density at radius 2 is 2.00 bits per heavy atom. The predicted octanol–water partition coefficient (Wildman–Crippen LogP) is 2.56. The van der Waals surface area contributed by atoms with Gasteiger partial charge in [0.2, 0.25) is 9.84 Å². The van der Waals surface area contributed by atoms with Gasteiger partial charge in [0.05, 0.1) is 21.3 Å². The number of halogens is 1. The Bertz CT molecular complexity index is 1070. The van der Waals surface area contributed by atoms with Crippen LogP contribution in [0.5, 0.6) is 0 Å². The highest BCUT2D eigenvalue weighted by Crippen LogP contribution is 2.27. The van der Waals surface area contributed by atoms with Crippen molar-refractivity contribution in [3.05, 3.63) is 65.6 Å². The van der Waals surface area contributed by atoms with Crippen LogP contribution in [0.15, 0.2) is 64.8 Å². The normalized spacial score (nSPS) is 11.3. The molecule has 0 aliphatic heterocycles. The van der Waals surface area contributed by atoms with Crippen LogP contribution in [0.1, 0.15) is 5.69 Å². The fourth-order valence-electron chi connectivity index (χ4n) is 2.44. The number of carbonyl (C=O) groups is 1. The lowest BCUT2D eigenvalue weighted by atomic mass is 10.3. The minimum atomic E-state index is -3.91. The van der Waals surface area contributed by atoms with Crippen molar-refractivity contribution in [1.29, 1.82) is 0 Å². The van der Waals surface area contributed by atoms with Gasteiger partial charge >= 0.3 is 6.09 Å². The molecule has 1 amide bonds. The molecule has 10 heteroatoms. The number of rotatable bonds is 6. The minimum absolute atomic E-state index is 0.0217. The second-order valence-corrected chi connectivity index (χ2v) is 7.81. The van der Waals surface area contributed by atoms with Gasteiger partial charge in [0, 0.05) is 25.4 Å². The topological polar surface area (TPSA) is 114 Å². The number of pyridine rings is 1. The minimum Gasteiger partial charge on any atom is -0.465 e. The van der Waals surface area contributed by atoms with Crippen LogP contribution in [-0.2, 0) is 16.3 Å². The Kier molecular flexibility index (Phi) is 5.43. The van der Waals surface area contributed by atoms with Crippen LogP contribution in [0.3, 0.4) is 0 Å². The third-order valence-corrected chi connectivity index (χ3v) is 5.71. The zero-order valence-corrected chi connectivity index (χ0v) is 15.5. The van der Waals surface area contributed by atoms with Gasteiger partial charge in [-0.05, 0) is 30.3 Å². The Morgan fingerprint density at radius 3 is 2.67 bits per heavy atom. The highest BCUT2D eigenvalue weighted by atomic mass is 35.5. The maximum absolute atomic E-state index is 13.1. The molecule has 27 heavy (non-hydrogen) atoms. The van der Waals surface area contributed by atoms with Crippen molar-refractivity contribution in [2.24, 2.45) is 0 Å². The number of para-hydroxylation sites is 1. The maximum atomic E-state index is 13.1. The summed E-state index contributed by atoms with van der Waals surface area (Å²) in [6, 6.07) is 11.1. The van der Waals surface area contributed by atoms with E-state index >= 15 is 0 Å². The number of sulfone groups is 1. The van der Waals surface area contributed by atoms with Crippen LogP contribution >= 0.6 is 11.6 Å². The number of hydrogen-bond donors (Lipinski definition) is 2. The highest BCUT2D eigenvalue weighted by molar-refractivity contribution is 7.91. The first-order chi connectivity index (χ1) is 12.9. The molecule has 2 N–H and O–H groups in total. The van der Waals surface area contributed by atoms with E-state index in [1.807, 2.05) is 0 Å². The first-order valence-electron chi connectivity index (χ1n) is 7.85. The molecule has 0 bridgehead atoms. The molecule has 3 aromatic rings. The zero-order valence-electron chi connectivity index (χ0n) is 13.9. The molecule has 0 spiro atoms. The first-order valence-corrected chi connectivity index (χ1v) is 9.71. The Morgan fingerprint density at radius 1 is 1.22 bits per heavy atom. The molecule has 140 valence electrons. The summed E-state index contributed by atoms with van der Waals surface area (Å²) in [6.07, 6.45) is 1.79. The van der Waals surface area contributed by atoms with E-state index in [0.717, 1.165) is 0 Å². The number of benzene rings is 1. The summed E-state index contributed by atoms with van der Waals surface area (Å²) in [5.74, 6) is 0. The molecular weight excluding hydrogens is 392 g/mol. The third kappa shape index (κ3) is 4.09. The van der Waals surface area contributed by atoms with E-state index in [4.69, 9.17) is 16.7 Å². The number of amides is 1. The molecule has 0 atom stereocenters. The van der Waals surface area contributed by atoms with E-state index in [-0.39, 0.29) is 22.9 Å². The van der Waals surface area contributed by atoms with Gasteiger partial charge in [-0.3, -0.25) is 4.98 Å². The Balaban J connectivity index is 2.10. The van der Waals surface area contributed by atoms with Crippen molar-refractivity contribution in [2.75, 3.05) is 6.54 Å². The van der Waals surface area contributed by atoms with Gasteiger partial charge in [0.1, 0.15) is 0 Å². The van der Waals surface area contributed by atoms with Gasteiger partial charge in [0.25, 0.3) is 0 Å². The van der Waals surface area contributed by atoms with Crippen molar-refractivity contribution in [2.45, 2.75) is 16.3 Å². The molecule has 1 aromatic carbocycles. The molecule has 0 fully saturated rings. The van der Waals surface area contributed by atoms with Crippen LogP contribution in [0.25, 0.3) is 5.69 Å². The van der Waals surface area contributed by atoms with Crippen molar-refractivity contribution >= 4 is 27.5 Å². The summed E-state index contributed by atoms with van der Waals surface area (Å²) in [7, 11) is -3.91. The maximum Gasteiger partial charge on any atom is 0.404 e. The molecule has 0 aliphatic carbocycles. The molecule has 0 aliphatic rings. The lowest BCUT2D eigenvalue weighted by molar-refractivity contribution is 0.194. The molecule has 3 rings (SSSR count). The molecule has 8 nitrogen and oxygen atoms in total. The summed E-state index contributed by atoms with van der Waals surface area (Å²) < 4.78 is 27.4. The third-order valence-electron chi connectivity index (χ3n) is 3.69. The number of carboxylic acid groups (broad SMARTS) is 1. The van der Waals surface area contributed by atoms with Crippen LogP contribution in [0.4, 0.5) is 4.79 Å². The predicted molar refractivity (Wildman–Crippen MR) is 98.0 cm³/mol. The van der Waals surface area contributed by atoms with Gasteiger partial charge in [-0.1, -0.05) is 23.7 Å². The zero-order chi connectivity index (χ0) is 19.4. The number of nitrogens with one attached hydrogen (secondary N) is 1. The largest absolute Gasteiger partial charge is 0.465 e. The van der Waals surface area contributed by atoms with Crippen molar-refractivity contribution < 1.29 is 18.3 Å². The summed E-state index contributed by atoms with van der Waals surface area (Å²) in [4.78, 5) is 14.5. The fraction of sp³-hybridized carbons (Fsp3) is 0.118. The standard InChI is InChI=1S/C17H15ClN4O4S/c18-14-5-1-2-6-15(14)22-16(10-12(21-22)7-9-20-17(23)24)27(25,26)13-4-3-8-19-11-13/h1-6,8,10-11,20H,7,9H2,(H,23,24). The molecule has 0 saturated carbocycles. The Labute approximate surface area is 160 Å². The lowest BCUT2D eigenvalue weighted by Crippen LogP contribution is -2.23. The molecule has 0 unspecified atom stereocenters. The second-order valence-electron chi connectivity index (χ2n) is 5.51. The van der Waals surface area contributed by atoms with E-state index in [2.05, 4.69) is 15.4 Å². The van der Waals surface area contributed by atoms with Gasteiger partial charge < -0.3 is 10.4 Å². The number of aromatic nitrogens is 3. The molecular formula is C17H15ClN4O4S. The SMILES string of the molecule is O=C(O)NCCc1cc(S(=O)(=O)c2cccnc2)n(-c2ccccc2Cl)n1. The summed E-state index contributed by atoms with van der Waals surface area (Å²) in [5.41, 5.74) is 0.810. The van der Waals surface area contributed by atoms with E-state index in [9.17, 15) is 13.2 Å². The average Bonchev–Trinajstić information content (AvgIpc) is 3.07. The monoisotopic (exact) mass is 406 g/mol. The highest BCUT2D eigenvalue weighted by Gasteiger charge is 2.26. The van der Waals surface area contributed by atoms with Gasteiger partial charge in [0.15, 0.2) is 5.03 Å². The van der Waals surface area contributed by atoms with Crippen LogP contribution < -0.4 is 5.32 Å². The quantitative estimate of drug-likeness (QED) is 0.650. The lowest BCUT2D eigenvalue weighted by Gasteiger charge is -2.09. The second kappa shape index (κ2) is 7.77. The van der Waals surface area contributed by atoms with Gasteiger partial charge in [-0.2, -0.15) is 5.10 Å². The summed E-state index contributed by atoms with van der Waals surface area (Å²) in [6.45, 7) is 0.0985. The number of nitrogens with zero attached hydrogens (tertiary/aromatic N) is 3. The van der Waals surface area contributed by atoms with E-state index in [1.165, 1.54) is 35.3 Å².